The van der Waals surface area contributed by atoms with Gasteiger partial charge in [-0.25, -0.2) is 0 Å². The normalized spacial score (nSPS) is 29.9. The van der Waals surface area contributed by atoms with E-state index in [1.807, 2.05) is 0 Å². The van der Waals surface area contributed by atoms with Crippen LogP contribution < -0.4 is 4.90 Å². The maximum atomic E-state index is 3.53. The highest BCUT2D eigenvalue weighted by molar-refractivity contribution is 9.10. The molecule has 1 aromatic rings. The first-order valence-corrected chi connectivity index (χ1v) is 6.19. The molecule has 0 radical (unpaired) electrons. The van der Waals surface area contributed by atoms with E-state index in [-0.39, 0.29) is 0 Å². The molecule has 1 aliphatic carbocycles. The van der Waals surface area contributed by atoms with Gasteiger partial charge in [0.1, 0.15) is 0 Å². The van der Waals surface area contributed by atoms with E-state index < -0.39 is 0 Å². The van der Waals surface area contributed by atoms with Gasteiger partial charge in [-0.05, 0) is 31.0 Å². The summed E-state index contributed by atoms with van der Waals surface area (Å²) in [7, 11) is 0. The molecule has 1 saturated carbocycles. The van der Waals surface area contributed by atoms with Crippen LogP contribution in [0.3, 0.4) is 0 Å². The summed E-state index contributed by atoms with van der Waals surface area (Å²) in [6.07, 6.45) is 5.64. The number of hydrogen-bond acceptors (Lipinski definition) is 1. The molecule has 14 heavy (non-hydrogen) atoms. The van der Waals surface area contributed by atoms with Crippen molar-refractivity contribution in [3.63, 3.8) is 0 Å². The van der Waals surface area contributed by atoms with E-state index in [1.54, 1.807) is 0 Å². The smallest absolute Gasteiger partial charge is 0.0497 e. The zero-order chi connectivity index (χ0) is 9.54. The zero-order valence-electron chi connectivity index (χ0n) is 8.12. The Morgan fingerprint density at radius 3 is 2.50 bits per heavy atom. The molecule has 2 atom stereocenters. The number of rotatable bonds is 1. The molecule has 0 bridgehead atoms. The number of benzene rings is 1. The number of fused-ring (bicyclic) bond motifs is 1. The van der Waals surface area contributed by atoms with Crippen molar-refractivity contribution in [3.05, 3.63) is 28.7 Å². The molecule has 0 spiro atoms. The lowest BCUT2D eigenvalue weighted by molar-refractivity contribution is 0.571. The van der Waals surface area contributed by atoms with Crippen LogP contribution in [0.5, 0.6) is 0 Å². The third-order valence-corrected chi connectivity index (χ3v) is 3.92. The van der Waals surface area contributed by atoms with Crippen LogP contribution in [0, 0.1) is 0 Å². The standard InChI is InChI=1S/C12H14BrN/c13-9-4-3-5-10(8-9)14-11-6-1-2-7-12(11)14/h3-5,8,11-12H,1-2,6-7H2/t11-,12+,14?. The van der Waals surface area contributed by atoms with E-state index >= 15 is 0 Å². The Balaban J connectivity index is 1.84. The highest BCUT2D eigenvalue weighted by atomic mass is 79.9. The van der Waals surface area contributed by atoms with Crippen molar-refractivity contribution < 1.29 is 0 Å². The molecule has 0 unspecified atom stereocenters. The molecule has 0 aromatic heterocycles. The Morgan fingerprint density at radius 1 is 1.14 bits per heavy atom. The predicted octanol–water partition coefficient (Wildman–Crippen LogP) is 3.58. The fraction of sp³-hybridized carbons (Fsp3) is 0.500. The van der Waals surface area contributed by atoms with Gasteiger partial charge >= 0.3 is 0 Å². The van der Waals surface area contributed by atoms with Crippen molar-refractivity contribution in [2.24, 2.45) is 0 Å². The molecule has 1 aromatic carbocycles. The van der Waals surface area contributed by atoms with Gasteiger partial charge in [0, 0.05) is 22.2 Å². The van der Waals surface area contributed by atoms with Crippen molar-refractivity contribution in [2.45, 2.75) is 37.8 Å². The fourth-order valence-corrected chi connectivity index (χ4v) is 3.11. The van der Waals surface area contributed by atoms with Gasteiger partial charge in [0.2, 0.25) is 0 Å². The molecule has 2 aliphatic rings. The van der Waals surface area contributed by atoms with Gasteiger partial charge in [-0.15, -0.1) is 0 Å². The number of nitrogens with zero attached hydrogens (tertiary/aromatic N) is 1. The van der Waals surface area contributed by atoms with E-state index in [4.69, 9.17) is 0 Å². The number of hydrogen-bond donors (Lipinski definition) is 0. The largest absolute Gasteiger partial charge is 0.361 e. The average Bonchev–Trinajstić information content (AvgIpc) is 2.91. The Morgan fingerprint density at radius 2 is 1.86 bits per heavy atom. The number of halogens is 1. The lowest BCUT2D eigenvalue weighted by atomic mass is 10.0. The van der Waals surface area contributed by atoms with Gasteiger partial charge in [-0.2, -0.15) is 0 Å². The maximum Gasteiger partial charge on any atom is 0.0497 e. The minimum atomic E-state index is 0.859. The monoisotopic (exact) mass is 251 g/mol. The van der Waals surface area contributed by atoms with E-state index in [1.165, 1.54) is 35.8 Å². The van der Waals surface area contributed by atoms with Crippen LogP contribution in [0.4, 0.5) is 5.69 Å². The van der Waals surface area contributed by atoms with Gasteiger partial charge in [-0.3, -0.25) is 0 Å². The van der Waals surface area contributed by atoms with Crippen LogP contribution in [0.15, 0.2) is 28.7 Å². The van der Waals surface area contributed by atoms with Gasteiger partial charge in [0.25, 0.3) is 0 Å². The van der Waals surface area contributed by atoms with Gasteiger partial charge in [0.05, 0.1) is 0 Å². The Labute approximate surface area is 93.2 Å². The SMILES string of the molecule is Brc1cccc(N2[C@@H]3CCCC[C@@H]32)c1. The van der Waals surface area contributed by atoms with Crippen LogP contribution in [0.25, 0.3) is 0 Å². The van der Waals surface area contributed by atoms with Crippen molar-refractivity contribution >= 4 is 21.6 Å². The Hall–Kier alpha value is -0.500. The molecule has 0 amide bonds. The lowest BCUT2D eigenvalue weighted by Gasteiger charge is -2.04. The van der Waals surface area contributed by atoms with E-state index in [2.05, 4.69) is 45.1 Å². The zero-order valence-corrected chi connectivity index (χ0v) is 9.70. The summed E-state index contributed by atoms with van der Waals surface area (Å²) in [6.45, 7) is 0. The van der Waals surface area contributed by atoms with Gasteiger partial charge in [-0.1, -0.05) is 34.8 Å². The van der Waals surface area contributed by atoms with E-state index in [0.29, 0.717) is 0 Å². The summed E-state index contributed by atoms with van der Waals surface area (Å²) in [4.78, 5) is 2.58. The molecule has 1 aliphatic heterocycles. The lowest BCUT2D eigenvalue weighted by Crippen LogP contribution is -2.00. The van der Waals surface area contributed by atoms with Gasteiger partial charge in [0.15, 0.2) is 0 Å². The van der Waals surface area contributed by atoms with Crippen molar-refractivity contribution in [3.8, 4) is 0 Å². The molecule has 0 N–H and O–H groups in total. The van der Waals surface area contributed by atoms with Gasteiger partial charge < -0.3 is 4.90 Å². The summed E-state index contributed by atoms with van der Waals surface area (Å²) < 4.78 is 1.19. The van der Waals surface area contributed by atoms with Crippen molar-refractivity contribution in [1.29, 1.82) is 0 Å². The van der Waals surface area contributed by atoms with Crippen LogP contribution in [0.2, 0.25) is 0 Å². The second kappa shape index (κ2) is 3.27. The summed E-state index contributed by atoms with van der Waals surface area (Å²) in [5.41, 5.74) is 1.40. The second-order valence-electron chi connectivity index (χ2n) is 4.31. The highest BCUT2D eigenvalue weighted by Crippen LogP contribution is 2.44. The fourth-order valence-electron chi connectivity index (χ4n) is 2.72. The third-order valence-electron chi connectivity index (χ3n) is 3.43. The first-order valence-electron chi connectivity index (χ1n) is 5.40. The van der Waals surface area contributed by atoms with Crippen molar-refractivity contribution in [2.75, 3.05) is 4.90 Å². The highest BCUT2D eigenvalue weighted by Gasteiger charge is 2.48. The van der Waals surface area contributed by atoms with E-state index in [0.717, 1.165) is 12.1 Å². The summed E-state index contributed by atoms with van der Waals surface area (Å²) in [5, 5.41) is 0. The summed E-state index contributed by atoms with van der Waals surface area (Å²) in [5.74, 6) is 0. The predicted molar refractivity (Wildman–Crippen MR) is 62.7 cm³/mol. The summed E-state index contributed by atoms with van der Waals surface area (Å²) in [6, 6.07) is 10.4. The second-order valence-corrected chi connectivity index (χ2v) is 5.22. The molecule has 3 rings (SSSR count). The van der Waals surface area contributed by atoms with Crippen LogP contribution in [-0.2, 0) is 0 Å². The summed E-state index contributed by atoms with van der Waals surface area (Å²) >= 11 is 3.53. The number of anilines is 1. The van der Waals surface area contributed by atoms with Crippen LogP contribution in [0.1, 0.15) is 25.7 Å². The Bertz CT molecular complexity index is 338. The first-order chi connectivity index (χ1) is 6.86. The Kier molecular flexibility index (Phi) is 2.05. The molecular formula is C12H14BrN. The molecule has 1 nitrogen and oxygen atoms in total. The van der Waals surface area contributed by atoms with Crippen LogP contribution >= 0.6 is 15.9 Å². The first kappa shape index (κ1) is 8.78. The van der Waals surface area contributed by atoms with Crippen molar-refractivity contribution in [1.82, 2.24) is 0 Å². The molecule has 2 fully saturated rings. The molecule has 2 heteroatoms. The quantitative estimate of drug-likeness (QED) is 0.690. The van der Waals surface area contributed by atoms with Crippen LogP contribution in [-0.4, -0.2) is 12.1 Å². The minimum absolute atomic E-state index is 0.859. The minimum Gasteiger partial charge on any atom is -0.361 e. The molecule has 1 saturated heterocycles. The average molecular weight is 252 g/mol. The molecular weight excluding hydrogens is 238 g/mol. The van der Waals surface area contributed by atoms with E-state index in [9.17, 15) is 0 Å². The maximum absolute atomic E-state index is 3.53. The molecule has 1 heterocycles. The topological polar surface area (TPSA) is 3.01 Å². The third kappa shape index (κ3) is 1.36. The molecule has 74 valence electrons.